The Morgan fingerprint density at radius 1 is 0.767 bits per heavy atom. The van der Waals surface area contributed by atoms with Crippen molar-refractivity contribution in [3.05, 3.63) is 89.4 Å². The van der Waals surface area contributed by atoms with Crippen LogP contribution in [-0.4, -0.2) is 14.8 Å². The van der Waals surface area contributed by atoms with E-state index in [9.17, 15) is 13.2 Å². The van der Waals surface area contributed by atoms with Crippen LogP contribution in [0.2, 0.25) is 0 Å². The largest absolute Gasteiger partial charge is 0.252 e. The van der Waals surface area contributed by atoms with Gasteiger partial charge in [-0.2, -0.15) is 5.10 Å². The van der Waals surface area contributed by atoms with Crippen LogP contribution in [0.15, 0.2) is 60.8 Å². The maximum absolute atomic E-state index is 14.4. The summed E-state index contributed by atoms with van der Waals surface area (Å²) in [5.41, 5.74) is 4.80. The lowest BCUT2D eigenvalue weighted by atomic mass is 10.1. The first-order valence-electron chi connectivity index (χ1n) is 9.42. The number of hydrogen-bond acceptors (Lipinski definition) is 2. The first-order valence-corrected chi connectivity index (χ1v) is 9.42. The fraction of sp³-hybridized carbons (Fsp3) is 0.0833. The molecule has 2 aromatic heterocycles. The van der Waals surface area contributed by atoms with Gasteiger partial charge in [-0.05, 0) is 67.4 Å². The van der Waals surface area contributed by atoms with E-state index in [1.807, 2.05) is 32.0 Å². The van der Waals surface area contributed by atoms with Crippen LogP contribution in [0.3, 0.4) is 0 Å². The Hall–Kier alpha value is -3.67. The van der Waals surface area contributed by atoms with Crippen LogP contribution in [0, 0.1) is 31.3 Å². The maximum Gasteiger partial charge on any atom is 0.152 e. The smallest absolute Gasteiger partial charge is 0.152 e. The van der Waals surface area contributed by atoms with Gasteiger partial charge in [0, 0.05) is 28.6 Å². The number of pyridine rings is 1. The second-order valence-corrected chi connectivity index (χ2v) is 7.34. The van der Waals surface area contributed by atoms with Crippen LogP contribution in [0.4, 0.5) is 13.2 Å². The molecule has 0 unspecified atom stereocenters. The van der Waals surface area contributed by atoms with Crippen LogP contribution in [0.1, 0.15) is 11.1 Å². The molecule has 2 heterocycles. The monoisotopic (exact) mass is 403 g/mol. The molecule has 0 atom stereocenters. The highest BCUT2D eigenvalue weighted by Gasteiger charge is 2.19. The molecule has 5 rings (SSSR count). The molecule has 0 aliphatic carbocycles. The quantitative estimate of drug-likeness (QED) is 0.348. The Morgan fingerprint density at radius 2 is 1.53 bits per heavy atom. The number of benzene rings is 3. The number of nitrogens with zero attached hydrogens (tertiary/aromatic N) is 3. The van der Waals surface area contributed by atoms with Gasteiger partial charge in [-0.25, -0.2) is 17.9 Å². The van der Waals surface area contributed by atoms with Gasteiger partial charge in [-0.1, -0.05) is 6.07 Å². The van der Waals surface area contributed by atoms with Crippen molar-refractivity contribution in [1.29, 1.82) is 0 Å². The second kappa shape index (κ2) is 6.69. The number of halogens is 3. The number of hydrogen-bond donors (Lipinski definition) is 0. The van der Waals surface area contributed by atoms with Crippen molar-refractivity contribution in [3.8, 4) is 16.9 Å². The second-order valence-electron chi connectivity index (χ2n) is 7.34. The van der Waals surface area contributed by atoms with Crippen molar-refractivity contribution in [1.82, 2.24) is 14.8 Å². The molecule has 3 nitrogen and oxygen atoms in total. The predicted molar refractivity (Wildman–Crippen MR) is 111 cm³/mol. The molecule has 0 N–H and O–H groups in total. The van der Waals surface area contributed by atoms with E-state index in [4.69, 9.17) is 5.10 Å². The fourth-order valence-corrected chi connectivity index (χ4v) is 3.68. The van der Waals surface area contributed by atoms with Crippen LogP contribution < -0.4 is 0 Å². The van der Waals surface area contributed by atoms with Crippen molar-refractivity contribution in [2.24, 2.45) is 0 Å². The summed E-state index contributed by atoms with van der Waals surface area (Å²) in [7, 11) is 0. The molecule has 0 fully saturated rings. The molecule has 30 heavy (non-hydrogen) atoms. The number of rotatable bonds is 2. The van der Waals surface area contributed by atoms with Crippen molar-refractivity contribution in [2.45, 2.75) is 13.8 Å². The zero-order valence-corrected chi connectivity index (χ0v) is 16.2. The highest BCUT2D eigenvalue weighted by Crippen LogP contribution is 2.35. The van der Waals surface area contributed by atoms with Gasteiger partial charge in [0.1, 0.15) is 22.8 Å². The molecule has 5 aromatic rings. The zero-order chi connectivity index (χ0) is 21.0. The van der Waals surface area contributed by atoms with E-state index < -0.39 is 11.6 Å². The van der Waals surface area contributed by atoms with Crippen LogP contribution in [0.25, 0.3) is 38.8 Å². The van der Waals surface area contributed by atoms with E-state index in [2.05, 4.69) is 4.98 Å². The third kappa shape index (κ3) is 2.84. The van der Waals surface area contributed by atoms with Crippen molar-refractivity contribution < 1.29 is 13.2 Å². The topological polar surface area (TPSA) is 30.7 Å². The van der Waals surface area contributed by atoms with Crippen LogP contribution in [0.5, 0.6) is 0 Å². The van der Waals surface area contributed by atoms with Gasteiger partial charge in [-0.15, -0.1) is 0 Å². The van der Waals surface area contributed by atoms with Gasteiger partial charge in [0.05, 0.1) is 11.2 Å². The Labute approximate surface area is 170 Å². The molecule has 0 amide bonds. The summed E-state index contributed by atoms with van der Waals surface area (Å²) in [5, 5.41) is 5.69. The van der Waals surface area contributed by atoms with Crippen LogP contribution in [-0.2, 0) is 0 Å². The van der Waals surface area contributed by atoms with E-state index >= 15 is 0 Å². The van der Waals surface area contributed by atoms with Gasteiger partial charge in [0.15, 0.2) is 5.82 Å². The highest BCUT2D eigenvalue weighted by atomic mass is 19.1. The zero-order valence-electron chi connectivity index (χ0n) is 16.2. The molecule has 0 saturated heterocycles. The fourth-order valence-electron chi connectivity index (χ4n) is 3.68. The minimum absolute atomic E-state index is 0.0690. The van der Waals surface area contributed by atoms with Gasteiger partial charge >= 0.3 is 0 Å². The maximum atomic E-state index is 14.4. The third-order valence-electron chi connectivity index (χ3n) is 5.38. The first kappa shape index (κ1) is 18.4. The Morgan fingerprint density at radius 3 is 2.27 bits per heavy atom. The van der Waals surface area contributed by atoms with Gasteiger partial charge < -0.3 is 0 Å². The molecule has 0 aliphatic heterocycles. The normalized spacial score (nSPS) is 11.5. The summed E-state index contributed by atoms with van der Waals surface area (Å²) >= 11 is 0. The molecule has 0 radical (unpaired) electrons. The van der Waals surface area contributed by atoms with Gasteiger partial charge in [0.2, 0.25) is 0 Å². The Bertz CT molecular complexity index is 1440. The lowest BCUT2D eigenvalue weighted by Gasteiger charge is -2.09. The molecular weight excluding hydrogens is 387 g/mol. The summed E-state index contributed by atoms with van der Waals surface area (Å²) in [6.07, 6.45) is 1.53. The number of aromatic nitrogens is 3. The summed E-state index contributed by atoms with van der Waals surface area (Å²) in [5.74, 6) is -1.78. The summed E-state index contributed by atoms with van der Waals surface area (Å²) in [4.78, 5) is 4.22. The lowest BCUT2D eigenvalue weighted by molar-refractivity contribution is 0.590. The average Bonchev–Trinajstić information content (AvgIpc) is 3.11. The molecule has 6 heteroatoms. The van der Waals surface area contributed by atoms with Gasteiger partial charge in [-0.3, -0.25) is 4.98 Å². The summed E-state index contributed by atoms with van der Waals surface area (Å²) < 4.78 is 43.7. The minimum atomic E-state index is -0.733. The molecule has 0 spiro atoms. The van der Waals surface area contributed by atoms with E-state index in [1.54, 1.807) is 16.8 Å². The molecule has 0 bridgehead atoms. The molecule has 148 valence electrons. The minimum Gasteiger partial charge on any atom is -0.252 e. The van der Waals surface area contributed by atoms with Crippen molar-refractivity contribution >= 4 is 21.8 Å². The third-order valence-corrected chi connectivity index (χ3v) is 5.38. The van der Waals surface area contributed by atoms with Gasteiger partial charge in [0.25, 0.3) is 0 Å². The Kier molecular flexibility index (Phi) is 4.10. The lowest BCUT2D eigenvalue weighted by Crippen LogP contribution is -1.99. The molecule has 3 aromatic carbocycles. The number of aryl methyl sites for hydroxylation is 2. The summed E-state index contributed by atoms with van der Waals surface area (Å²) in [6.45, 7) is 4.00. The van der Waals surface area contributed by atoms with E-state index in [1.165, 1.54) is 24.4 Å². The molecule has 0 saturated carbocycles. The molecular formula is C24H16F3N3. The predicted octanol–water partition coefficient (Wildman–Crippen LogP) is 6.27. The molecule has 0 aliphatic rings. The Balaban J connectivity index is 1.92. The van der Waals surface area contributed by atoms with Crippen molar-refractivity contribution in [3.63, 3.8) is 0 Å². The van der Waals surface area contributed by atoms with Crippen molar-refractivity contribution in [2.75, 3.05) is 0 Å². The van der Waals surface area contributed by atoms with E-state index in [0.29, 0.717) is 27.5 Å². The average molecular weight is 403 g/mol. The number of fused-ring (bicyclic) bond motifs is 3. The van der Waals surface area contributed by atoms with E-state index in [0.717, 1.165) is 22.9 Å². The van der Waals surface area contributed by atoms with E-state index in [-0.39, 0.29) is 11.3 Å². The standard InChI is InChI=1S/C24H16F3N3/c1-13-3-8-18(9-14(13)2)30-24-19-10-17(26)11-21(27)23(19)28-12-20(24)22(29-30)15-4-6-16(25)7-5-15/h3-12H,1-2H3. The highest BCUT2D eigenvalue weighted by molar-refractivity contribution is 6.08. The first-order chi connectivity index (χ1) is 14.4. The summed E-state index contributed by atoms with van der Waals surface area (Å²) in [6, 6.07) is 13.9. The SMILES string of the molecule is Cc1ccc(-n2nc(-c3ccc(F)cc3)c3cnc4c(F)cc(F)cc4c32)cc1C. The van der Waals surface area contributed by atoms with Crippen LogP contribution >= 0.6 is 0 Å².